The third-order valence-electron chi connectivity index (χ3n) is 5.70. The maximum Gasteiger partial charge on any atom is 0.300 e. The first-order valence-corrected chi connectivity index (χ1v) is 11.7. The molecule has 1 fully saturated rings. The lowest BCUT2D eigenvalue weighted by Gasteiger charge is -2.24. The van der Waals surface area contributed by atoms with E-state index in [1.165, 1.54) is 16.2 Å². The van der Waals surface area contributed by atoms with E-state index in [0.717, 1.165) is 10.4 Å². The Hall–Kier alpha value is -3.78. The monoisotopic (exact) mass is 477 g/mol. The van der Waals surface area contributed by atoms with E-state index in [-0.39, 0.29) is 24.2 Å². The summed E-state index contributed by atoms with van der Waals surface area (Å²) in [5.74, 6) is 0.0956. The number of aryl methyl sites for hydroxylation is 1. The highest BCUT2D eigenvalue weighted by molar-refractivity contribution is 7.10. The second kappa shape index (κ2) is 8.53. The van der Waals surface area contributed by atoms with Crippen LogP contribution in [0, 0.1) is 6.92 Å². The minimum Gasteiger partial charge on any atom is -0.507 e. The number of fused-ring (bicyclic) bond motifs is 1. The third kappa shape index (κ3) is 3.70. The fourth-order valence-electron chi connectivity index (χ4n) is 4.19. The van der Waals surface area contributed by atoms with Crippen molar-refractivity contribution < 1.29 is 28.9 Å². The summed E-state index contributed by atoms with van der Waals surface area (Å²) >= 11 is 1.41. The zero-order valence-electron chi connectivity index (χ0n) is 18.9. The Morgan fingerprint density at radius 1 is 1.12 bits per heavy atom. The van der Waals surface area contributed by atoms with Crippen LogP contribution in [0.25, 0.3) is 5.76 Å². The number of rotatable bonds is 5. The predicted octanol–water partition coefficient (Wildman–Crippen LogP) is 5.20. The molecule has 1 N–H and O–H groups in total. The van der Waals surface area contributed by atoms with Crippen LogP contribution in [0.2, 0.25) is 0 Å². The number of aliphatic hydroxyl groups excluding tert-OH is 1. The van der Waals surface area contributed by atoms with Gasteiger partial charge in [-0.2, -0.15) is 0 Å². The Morgan fingerprint density at radius 3 is 2.62 bits per heavy atom. The van der Waals surface area contributed by atoms with Gasteiger partial charge in [0.05, 0.1) is 11.7 Å². The van der Waals surface area contributed by atoms with E-state index in [4.69, 9.17) is 14.2 Å². The average molecular weight is 478 g/mol. The Labute approximate surface area is 200 Å². The molecule has 3 aromatic rings. The Bertz CT molecular complexity index is 1310. The average Bonchev–Trinajstić information content (AvgIpc) is 3.54. The highest BCUT2D eigenvalue weighted by Gasteiger charge is 2.47. The van der Waals surface area contributed by atoms with Gasteiger partial charge in [0.25, 0.3) is 11.7 Å². The Kier molecular flexibility index (Phi) is 5.53. The van der Waals surface area contributed by atoms with Gasteiger partial charge in [-0.05, 0) is 68.1 Å². The van der Waals surface area contributed by atoms with E-state index >= 15 is 0 Å². The zero-order chi connectivity index (χ0) is 24.0. The molecule has 1 aromatic heterocycles. The van der Waals surface area contributed by atoms with Crippen LogP contribution in [0.4, 0.5) is 5.69 Å². The summed E-state index contributed by atoms with van der Waals surface area (Å²) in [6.45, 7) is 5.84. The maximum atomic E-state index is 13.3. The van der Waals surface area contributed by atoms with Crippen molar-refractivity contribution in [2.24, 2.45) is 0 Å². The van der Waals surface area contributed by atoms with Crippen LogP contribution in [-0.4, -0.2) is 29.7 Å². The van der Waals surface area contributed by atoms with Crippen LogP contribution < -0.4 is 19.1 Å². The van der Waals surface area contributed by atoms with Crippen molar-refractivity contribution in [3.63, 3.8) is 0 Å². The van der Waals surface area contributed by atoms with Gasteiger partial charge in [0.15, 0.2) is 11.5 Å². The van der Waals surface area contributed by atoms with Crippen LogP contribution in [0.1, 0.15) is 35.9 Å². The number of hydrogen-bond acceptors (Lipinski definition) is 7. The molecule has 174 valence electrons. The van der Waals surface area contributed by atoms with Crippen LogP contribution >= 0.6 is 11.3 Å². The summed E-state index contributed by atoms with van der Waals surface area (Å²) in [6.07, 6.45) is 0.00370. The molecule has 3 heterocycles. The number of ether oxygens (including phenoxy) is 3. The van der Waals surface area contributed by atoms with E-state index in [9.17, 15) is 14.7 Å². The van der Waals surface area contributed by atoms with Gasteiger partial charge < -0.3 is 19.3 Å². The predicted molar refractivity (Wildman–Crippen MR) is 129 cm³/mol. The fourth-order valence-corrected chi connectivity index (χ4v) is 5.01. The van der Waals surface area contributed by atoms with Gasteiger partial charge >= 0.3 is 0 Å². The molecule has 0 bridgehead atoms. The lowest BCUT2D eigenvalue weighted by Crippen LogP contribution is -2.29. The van der Waals surface area contributed by atoms with Crippen molar-refractivity contribution in [2.45, 2.75) is 32.9 Å². The van der Waals surface area contributed by atoms with E-state index in [0.29, 0.717) is 28.5 Å². The second-order valence-corrected chi connectivity index (χ2v) is 9.35. The highest BCUT2D eigenvalue weighted by Crippen LogP contribution is 2.46. The lowest BCUT2D eigenvalue weighted by molar-refractivity contribution is -0.132. The molecule has 1 amide bonds. The molecular formula is C26H23NO6S. The Balaban J connectivity index is 1.63. The van der Waals surface area contributed by atoms with E-state index in [1.54, 1.807) is 36.4 Å². The number of aliphatic hydroxyl groups is 1. The topological polar surface area (TPSA) is 85.3 Å². The molecule has 8 heteroatoms. The number of ketones is 1. The molecule has 1 saturated heterocycles. The van der Waals surface area contributed by atoms with E-state index < -0.39 is 17.7 Å². The van der Waals surface area contributed by atoms with Gasteiger partial charge in [-0.3, -0.25) is 14.5 Å². The minimum absolute atomic E-state index is 0.00370. The summed E-state index contributed by atoms with van der Waals surface area (Å²) in [6, 6.07) is 13.2. The van der Waals surface area contributed by atoms with Crippen LogP contribution in [0.5, 0.6) is 17.2 Å². The van der Waals surface area contributed by atoms with E-state index in [2.05, 4.69) is 0 Å². The van der Waals surface area contributed by atoms with Gasteiger partial charge in [-0.25, -0.2) is 0 Å². The first-order chi connectivity index (χ1) is 16.3. The fraction of sp³-hybridized carbons (Fsp3) is 0.231. The van der Waals surface area contributed by atoms with Gasteiger partial charge in [0.1, 0.15) is 17.6 Å². The normalized spacial score (nSPS) is 18.7. The molecule has 0 aliphatic carbocycles. The summed E-state index contributed by atoms with van der Waals surface area (Å²) in [5.41, 5.74) is 1.79. The largest absolute Gasteiger partial charge is 0.507 e. The number of thiophene rings is 1. The number of carbonyl (C=O) groups is 2. The summed E-state index contributed by atoms with van der Waals surface area (Å²) < 4.78 is 16.6. The smallest absolute Gasteiger partial charge is 0.300 e. The SMILES string of the molecule is Cc1cc(/C(O)=C2/C(=O)C(=O)N(c3ccc4c(c3)OCO4)C2c2cccs2)ccc1OC(C)C. The summed E-state index contributed by atoms with van der Waals surface area (Å²) in [4.78, 5) is 28.7. The summed E-state index contributed by atoms with van der Waals surface area (Å²) in [7, 11) is 0. The lowest BCUT2D eigenvalue weighted by atomic mass is 9.98. The first-order valence-electron chi connectivity index (χ1n) is 10.9. The minimum atomic E-state index is -0.771. The van der Waals surface area contributed by atoms with Crippen LogP contribution in [0.15, 0.2) is 59.5 Å². The quantitative estimate of drug-likeness (QED) is 0.309. The number of amides is 1. The molecule has 0 saturated carbocycles. The molecule has 0 spiro atoms. The third-order valence-corrected chi connectivity index (χ3v) is 6.63. The van der Waals surface area contributed by atoms with Crippen molar-refractivity contribution in [1.29, 1.82) is 0 Å². The molecular weight excluding hydrogens is 454 g/mol. The van der Waals surface area contributed by atoms with Gasteiger partial charge in [0, 0.05) is 22.2 Å². The van der Waals surface area contributed by atoms with Crippen molar-refractivity contribution in [2.75, 3.05) is 11.7 Å². The zero-order valence-corrected chi connectivity index (χ0v) is 19.7. The van der Waals surface area contributed by atoms with Crippen molar-refractivity contribution in [3.05, 3.63) is 75.5 Å². The molecule has 7 nitrogen and oxygen atoms in total. The molecule has 2 aromatic carbocycles. The van der Waals surface area contributed by atoms with Crippen LogP contribution in [0.3, 0.4) is 0 Å². The number of nitrogens with zero attached hydrogens (tertiary/aromatic N) is 1. The molecule has 5 rings (SSSR count). The molecule has 2 aliphatic rings. The van der Waals surface area contributed by atoms with Crippen molar-refractivity contribution >= 4 is 34.5 Å². The highest BCUT2D eigenvalue weighted by atomic mass is 32.1. The molecule has 34 heavy (non-hydrogen) atoms. The number of carbonyl (C=O) groups excluding carboxylic acids is 2. The van der Waals surface area contributed by atoms with Gasteiger partial charge in [0.2, 0.25) is 6.79 Å². The number of benzene rings is 2. The summed E-state index contributed by atoms with van der Waals surface area (Å²) in [5, 5.41) is 13.2. The van der Waals surface area contributed by atoms with Gasteiger partial charge in [-0.1, -0.05) is 6.07 Å². The van der Waals surface area contributed by atoms with Crippen LogP contribution in [-0.2, 0) is 9.59 Å². The number of anilines is 1. The molecule has 0 radical (unpaired) electrons. The first kappa shape index (κ1) is 22.0. The van der Waals surface area contributed by atoms with Crippen molar-refractivity contribution in [1.82, 2.24) is 0 Å². The molecule has 1 atom stereocenters. The molecule has 2 aliphatic heterocycles. The standard InChI is InChI=1S/C26H23NO6S/c1-14(2)33-18-8-6-16(11-15(18)3)24(28)22-23(21-5-4-10-34-21)27(26(30)25(22)29)17-7-9-19-20(12-17)32-13-31-19/h4-12,14,23,28H,13H2,1-3H3/b24-22-. The van der Waals surface area contributed by atoms with Crippen molar-refractivity contribution in [3.8, 4) is 17.2 Å². The number of hydrogen-bond donors (Lipinski definition) is 1. The second-order valence-electron chi connectivity index (χ2n) is 8.37. The maximum absolute atomic E-state index is 13.3. The molecule has 1 unspecified atom stereocenters. The Morgan fingerprint density at radius 2 is 1.91 bits per heavy atom. The van der Waals surface area contributed by atoms with Gasteiger partial charge in [-0.15, -0.1) is 11.3 Å². The van der Waals surface area contributed by atoms with E-state index in [1.807, 2.05) is 38.3 Å². The number of Topliss-reactive ketones (excluding diaryl/α,β-unsaturated/α-hetero) is 1.